The number of halogens is 2. The third kappa shape index (κ3) is 3.53. The lowest BCUT2D eigenvalue weighted by molar-refractivity contribution is -0.384. The van der Waals surface area contributed by atoms with Gasteiger partial charge in [0.2, 0.25) is 0 Å². The van der Waals surface area contributed by atoms with Crippen molar-refractivity contribution in [1.82, 2.24) is 4.90 Å². The SMILES string of the molecule is CC(CNc1c(Cl)cc([N+](=O)[O-])cc1Cl)N1CCCC1. The smallest absolute Gasteiger partial charge is 0.272 e. The lowest BCUT2D eigenvalue weighted by Crippen LogP contribution is -2.35. The Balaban J connectivity index is 2.03. The quantitative estimate of drug-likeness (QED) is 0.663. The number of likely N-dealkylation sites (tertiary alicyclic amines) is 1. The molecular formula is C13H17Cl2N3O2. The highest BCUT2D eigenvalue weighted by Crippen LogP contribution is 2.34. The first-order valence-corrected chi connectivity index (χ1v) is 7.36. The Kier molecular flexibility index (Phi) is 5.07. The normalized spacial score (nSPS) is 17.1. The predicted octanol–water partition coefficient (Wildman–Crippen LogP) is 3.80. The van der Waals surface area contributed by atoms with Crippen LogP contribution in [0.5, 0.6) is 0 Å². The second-order valence-electron chi connectivity index (χ2n) is 5.01. The van der Waals surface area contributed by atoms with Crippen LogP contribution in [0.25, 0.3) is 0 Å². The van der Waals surface area contributed by atoms with Crippen LogP contribution in [0.4, 0.5) is 11.4 Å². The molecule has 0 aliphatic carbocycles. The number of benzene rings is 1. The molecule has 1 unspecified atom stereocenters. The summed E-state index contributed by atoms with van der Waals surface area (Å²) in [6, 6.07) is 3.01. The van der Waals surface area contributed by atoms with E-state index < -0.39 is 4.92 Å². The van der Waals surface area contributed by atoms with E-state index in [1.807, 2.05) is 0 Å². The van der Waals surface area contributed by atoms with E-state index in [0.29, 0.717) is 18.3 Å². The minimum atomic E-state index is -0.506. The van der Waals surface area contributed by atoms with Crippen LogP contribution >= 0.6 is 23.2 Å². The summed E-state index contributed by atoms with van der Waals surface area (Å²) in [5.74, 6) is 0. The molecule has 1 N–H and O–H groups in total. The van der Waals surface area contributed by atoms with Crippen LogP contribution in [0.3, 0.4) is 0 Å². The van der Waals surface area contributed by atoms with E-state index in [-0.39, 0.29) is 15.7 Å². The summed E-state index contributed by atoms with van der Waals surface area (Å²) in [4.78, 5) is 12.6. The van der Waals surface area contributed by atoms with Gasteiger partial charge in [-0.15, -0.1) is 0 Å². The molecule has 1 saturated heterocycles. The van der Waals surface area contributed by atoms with Crippen molar-refractivity contribution in [3.05, 3.63) is 32.3 Å². The summed E-state index contributed by atoms with van der Waals surface area (Å²) in [5, 5.41) is 14.5. The number of hydrogen-bond acceptors (Lipinski definition) is 4. The zero-order chi connectivity index (χ0) is 14.7. The summed E-state index contributed by atoms with van der Waals surface area (Å²) in [6.45, 7) is 5.08. The third-order valence-electron chi connectivity index (χ3n) is 3.58. The molecule has 110 valence electrons. The average Bonchev–Trinajstić information content (AvgIpc) is 2.91. The van der Waals surface area contributed by atoms with E-state index >= 15 is 0 Å². The maximum Gasteiger partial charge on any atom is 0.272 e. The monoisotopic (exact) mass is 317 g/mol. The fourth-order valence-electron chi connectivity index (χ4n) is 2.40. The molecule has 1 heterocycles. The van der Waals surface area contributed by atoms with Crippen molar-refractivity contribution in [2.24, 2.45) is 0 Å². The lowest BCUT2D eigenvalue weighted by atomic mass is 10.2. The highest BCUT2D eigenvalue weighted by Gasteiger charge is 2.19. The van der Waals surface area contributed by atoms with Crippen molar-refractivity contribution in [3.8, 4) is 0 Å². The largest absolute Gasteiger partial charge is 0.381 e. The van der Waals surface area contributed by atoms with Gasteiger partial charge in [-0.25, -0.2) is 0 Å². The Labute approximate surface area is 128 Å². The van der Waals surface area contributed by atoms with Gasteiger partial charge in [0, 0.05) is 24.7 Å². The second kappa shape index (κ2) is 6.61. The van der Waals surface area contributed by atoms with Crippen molar-refractivity contribution >= 4 is 34.6 Å². The minimum Gasteiger partial charge on any atom is -0.381 e. The summed E-state index contributed by atoms with van der Waals surface area (Å²) < 4.78 is 0. The van der Waals surface area contributed by atoms with Crippen molar-refractivity contribution in [2.45, 2.75) is 25.8 Å². The van der Waals surface area contributed by atoms with Crippen LogP contribution in [0.2, 0.25) is 10.0 Å². The molecule has 0 amide bonds. The number of nitro groups is 1. The number of non-ortho nitro benzene ring substituents is 1. The Morgan fingerprint density at radius 1 is 1.35 bits per heavy atom. The first-order valence-electron chi connectivity index (χ1n) is 6.60. The van der Waals surface area contributed by atoms with Gasteiger partial charge in [-0.3, -0.25) is 15.0 Å². The van der Waals surface area contributed by atoms with Crippen LogP contribution in [-0.2, 0) is 0 Å². The van der Waals surface area contributed by atoms with Gasteiger partial charge in [0.1, 0.15) is 0 Å². The van der Waals surface area contributed by atoms with E-state index in [2.05, 4.69) is 17.1 Å². The first-order chi connectivity index (χ1) is 9.49. The molecular weight excluding hydrogens is 301 g/mol. The van der Waals surface area contributed by atoms with Crippen LogP contribution in [0, 0.1) is 10.1 Å². The Bertz CT molecular complexity index is 481. The van der Waals surface area contributed by atoms with Gasteiger partial charge in [-0.2, -0.15) is 0 Å². The second-order valence-corrected chi connectivity index (χ2v) is 5.83. The maximum absolute atomic E-state index is 10.7. The molecule has 0 bridgehead atoms. The molecule has 0 aromatic heterocycles. The van der Waals surface area contributed by atoms with Gasteiger partial charge < -0.3 is 5.32 Å². The molecule has 0 radical (unpaired) electrons. The van der Waals surface area contributed by atoms with E-state index in [1.165, 1.54) is 25.0 Å². The molecule has 0 saturated carbocycles. The molecule has 20 heavy (non-hydrogen) atoms. The Morgan fingerprint density at radius 2 is 1.90 bits per heavy atom. The van der Waals surface area contributed by atoms with Gasteiger partial charge in [0.05, 0.1) is 20.7 Å². The summed E-state index contributed by atoms with van der Waals surface area (Å²) in [7, 11) is 0. The molecule has 2 rings (SSSR count). The van der Waals surface area contributed by atoms with E-state index in [4.69, 9.17) is 23.2 Å². The Hall–Kier alpha value is -1.04. The third-order valence-corrected chi connectivity index (χ3v) is 4.17. The topological polar surface area (TPSA) is 58.4 Å². The van der Waals surface area contributed by atoms with Crippen molar-refractivity contribution in [1.29, 1.82) is 0 Å². The summed E-state index contributed by atoms with van der Waals surface area (Å²) in [6.07, 6.45) is 2.48. The van der Waals surface area contributed by atoms with Gasteiger partial charge in [-0.05, 0) is 32.9 Å². The van der Waals surface area contributed by atoms with Gasteiger partial charge in [0.25, 0.3) is 5.69 Å². The van der Waals surface area contributed by atoms with Crippen molar-refractivity contribution in [3.63, 3.8) is 0 Å². The molecule has 0 spiro atoms. The van der Waals surface area contributed by atoms with Crippen molar-refractivity contribution < 1.29 is 4.92 Å². The molecule has 7 heteroatoms. The van der Waals surface area contributed by atoms with Crippen LogP contribution in [0.1, 0.15) is 19.8 Å². The first kappa shape index (κ1) is 15.4. The number of rotatable bonds is 5. The molecule has 1 aliphatic heterocycles. The minimum absolute atomic E-state index is 0.0989. The fraction of sp³-hybridized carbons (Fsp3) is 0.538. The molecule has 1 aromatic rings. The molecule has 1 fully saturated rings. The molecule has 1 aliphatic rings. The van der Waals surface area contributed by atoms with Gasteiger partial charge >= 0.3 is 0 Å². The average molecular weight is 318 g/mol. The fourth-order valence-corrected chi connectivity index (χ4v) is 3.00. The number of nitro benzene ring substituents is 1. The van der Waals surface area contributed by atoms with Gasteiger partial charge in [0.15, 0.2) is 0 Å². The maximum atomic E-state index is 10.7. The number of nitrogens with zero attached hydrogens (tertiary/aromatic N) is 2. The lowest BCUT2D eigenvalue weighted by Gasteiger charge is -2.24. The van der Waals surface area contributed by atoms with Crippen LogP contribution in [0.15, 0.2) is 12.1 Å². The highest BCUT2D eigenvalue weighted by atomic mass is 35.5. The molecule has 1 atom stereocenters. The molecule has 5 nitrogen and oxygen atoms in total. The Morgan fingerprint density at radius 3 is 2.40 bits per heavy atom. The number of anilines is 1. The van der Waals surface area contributed by atoms with E-state index in [1.54, 1.807) is 0 Å². The highest BCUT2D eigenvalue weighted by molar-refractivity contribution is 6.39. The standard InChI is InChI=1S/C13H17Cl2N3O2/c1-9(17-4-2-3-5-17)8-16-13-11(14)6-10(18(19)20)7-12(13)15/h6-7,9,16H,2-5,8H2,1H3. The molecule has 1 aromatic carbocycles. The zero-order valence-corrected chi connectivity index (χ0v) is 12.7. The predicted molar refractivity (Wildman–Crippen MR) is 81.9 cm³/mol. The number of hydrogen-bond donors (Lipinski definition) is 1. The van der Waals surface area contributed by atoms with Gasteiger partial charge in [-0.1, -0.05) is 23.2 Å². The van der Waals surface area contributed by atoms with Crippen LogP contribution in [-0.4, -0.2) is 35.5 Å². The zero-order valence-electron chi connectivity index (χ0n) is 11.2. The van der Waals surface area contributed by atoms with E-state index in [0.717, 1.165) is 13.1 Å². The van der Waals surface area contributed by atoms with E-state index in [9.17, 15) is 10.1 Å². The number of nitrogens with one attached hydrogen (secondary N) is 1. The summed E-state index contributed by atoms with van der Waals surface area (Å²) >= 11 is 12.1. The van der Waals surface area contributed by atoms with Crippen LogP contribution < -0.4 is 5.32 Å². The summed E-state index contributed by atoms with van der Waals surface area (Å²) in [5.41, 5.74) is 0.461. The van der Waals surface area contributed by atoms with Crippen molar-refractivity contribution in [2.75, 3.05) is 25.0 Å².